The number of rotatable bonds is 5. The molecule has 18 heavy (non-hydrogen) atoms. The Kier molecular flexibility index (Phi) is 3.60. The van der Waals surface area contributed by atoms with Crippen LogP contribution < -0.4 is 10.6 Å². The zero-order valence-electron chi connectivity index (χ0n) is 10.3. The Balaban J connectivity index is 2.26. The highest BCUT2D eigenvalue weighted by atomic mass is 32.2. The molecular formula is C10H16N4O2S2. The van der Waals surface area contributed by atoms with E-state index in [0.29, 0.717) is 13.1 Å². The molecule has 2 aromatic heterocycles. The quantitative estimate of drug-likeness (QED) is 0.858. The third kappa shape index (κ3) is 2.65. The summed E-state index contributed by atoms with van der Waals surface area (Å²) in [6.45, 7) is 0.785. The molecule has 0 aliphatic rings. The van der Waals surface area contributed by atoms with E-state index in [1.807, 2.05) is 27.9 Å². The first-order valence-electron chi connectivity index (χ1n) is 5.45. The van der Waals surface area contributed by atoms with Gasteiger partial charge in [-0.2, -0.15) is 0 Å². The summed E-state index contributed by atoms with van der Waals surface area (Å²) in [7, 11) is -1.14. The summed E-state index contributed by atoms with van der Waals surface area (Å²) in [5.74, 6) is 0.867. The molecule has 0 aliphatic heterocycles. The van der Waals surface area contributed by atoms with Crippen molar-refractivity contribution in [2.24, 2.45) is 5.73 Å². The second-order valence-corrected chi connectivity index (χ2v) is 7.33. The van der Waals surface area contributed by atoms with Gasteiger partial charge in [0.05, 0.1) is 11.4 Å². The van der Waals surface area contributed by atoms with Gasteiger partial charge in [0.15, 0.2) is 10.8 Å². The number of nitrogens with two attached hydrogens (primary N) is 1. The molecule has 0 saturated carbocycles. The van der Waals surface area contributed by atoms with Crippen LogP contribution in [0.4, 0.5) is 5.82 Å². The van der Waals surface area contributed by atoms with E-state index in [2.05, 4.69) is 4.98 Å². The van der Waals surface area contributed by atoms with Crippen molar-refractivity contribution in [2.75, 3.05) is 30.5 Å². The molecule has 0 radical (unpaired) electrons. The molecule has 0 spiro atoms. The average molecular weight is 288 g/mol. The molecule has 2 N–H and O–H groups in total. The molecule has 0 fully saturated rings. The molecule has 0 saturated heterocycles. The number of hydrogen-bond acceptors (Lipinski definition) is 6. The summed E-state index contributed by atoms with van der Waals surface area (Å²) in [4.78, 5) is 7.18. The first-order chi connectivity index (χ1) is 8.42. The van der Waals surface area contributed by atoms with Crippen LogP contribution in [0.5, 0.6) is 0 Å². The van der Waals surface area contributed by atoms with Crippen molar-refractivity contribution >= 4 is 32.0 Å². The van der Waals surface area contributed by atoms with Crippen molar-refractivity contribution < 1.29 is 8.42 Å². The second kappa shape index (κ2) is 4.87. The monoisotopic (exact) mass is 288 g/mol. The minimum absolute atomic E-state index is 0.110. The third-order valence-corrected chi connectivity index (χ3v) is 4.37. The predicted molar refractivity (Wildman–Crippen MR) is 73.9 cm³/mol. The van der Waals surface area contributed by atoms with Gasteiger partial charge in [-0.15, -0.1) is 11.3 Å². The Morgan fingerprint density at radius 3 is 2.89 bits per heavy atom. The number of nitrogens with zero attached hydrogens (tertiary/aromatic N) is 3. The van der Waals surface area contributed by atoms with E-state index in [4.69, 9.17) is 5.73 Å². The van der Waals surface area contributed by atoms with Gasteiger partial charge in [0.2, 0.25) is 0 Å². The molecule has 0 bridgehead atoms. The minimum Gasteiger partial charge on any atom is -0.357 e. The fourth-order valence-electron chi connectivity index (χ4n) is 1.73. The van der Waals surface area contributed by atoms with Gasteiger partial charge < -0.3 is 10.6 Å². The zero-order valence-corrected chi connectivity index (χ0v) is 12.0. The highest BCUT2D eigenvalue weighted by molar-refractivity contribution is 7.90. The molecule has 0 atom stereocenters. The van der Waals surface area contributed by atoms with Gasteiger partial charge in [0, 0.05) is 38.0 Å². The van der Waals surface area contributed by atoms with Crippen molar-refractivity contribution in [3.63, 3.8) is 0 Å². The number of sulfone groups is 1. The largest absolute Gasteiger partial charge is 0.357 e. The maximum Gasteiger partial charge on any atom is 0.195 e. The summed E-state index contributed by atoms with van der Waals surface area (Å²) >= 11 is 1.53. The number of aromatic nitrogens is 2. The van der Waals surface area contributed by atoms with E-state index in [1.54, 1.807) is 0 Å². The van der Waals surface area contributed by atoms with Crippen molar-refractivity contribution in [2.45, 2.75) is 6.54 Å². The van der Waals surface area contributed by atoms with Crippen LogP contribution in [0, 0.1) is 0 Å². The topological polar surface area (TPSA) is 80.7 Å². The molecule has 100 valence electrons. The van der Waals surface area contributed by atoms with Gasteiger partial charge in [0.1, 0.15) is 9.84 Å². The van der Waals surface area contributed by atoms with Crippen LogP contribution in [-0.2, 0) is 16.4 Å². The smallest absolute Gasteiger partial charge is 0.195 e. The maximum atomic E-state index is 11.2. The molecular weight excluding hydrogens is 272 g/mol. The molecule has 6 nitrogen and oxygen atoms in total. The minimum atomic E-state index is -2.97. The molecule has 2 rings (SSSR count). The first-order valence-corrected chi connectivity index (χ1v) is 8.40. The van der Waals surface area contributed by atoms with Crippen molar-refractivity contribution in [1.82, 2.24) is 9.38 Å². The Morgan fingerprint density at radius 2 is 2.28 bits per heavy atom. The van der Waals surface area contributed by atoms with Crippen molar-refractivity contribution in [3.8, 4) is 0 Å². The summed E-state index contributed by atoms with van der Waals surface area (Å²) in [5, 5.41) is 1.95. The highest BCUT2D eigenvalue weighted by Gasteiger charge is 2.16. The summed E-state index contributed by atoms with van der Waals surface area (Å²) in [5.41, 5.74) is 6.64. The van der Waals surface area contributed by atoms with Gasteiger partial charge in [-0.25, -0.2) is 13.4 Å². The molecule has 0 aromatic carbocycles. The van der Waals surface area contributed by atoms with Crippen molar-refractivity contribution in [3.05, 3.63) is 17.3 Å². The van der Waals surface area contributed by atoms with Crippen LogP contribution in [0.15, 0.2) is 11.6 Å². The van der Waals surface area contributed by atoms with Gasteiger partial charge in [-0.3, -0.25) is 4.40 Å². The number of imidazole rings is 1. The van der Waals surface area contributed by atoms with Gasteiger partial charge in [-0.05, 0) is 0 Å². The Labute approximate surface area is 110 Å². The molecule has 8 heteroatoms. The number of fused-ring (bicyclic) bond motifs is 1. The van der Waals surface area contributed by atoms with Gasteiger partial charge >= 0.3 is 0 Å². The van der Waals surface area contributed by atoms with Crippen LogP contribution in [-0.4, -0.2) is 43.4 Å². The average Bonchev–Trinajstić information content (AvgIpc) is 2.83. The number of anilines is 1. The lowest BCUT2D eigenvalue weighted by molar-refractivity contribution is 0.601. The standard InChI is InChI=1S/C10H16N4O2S2/c1-13(4-6-18(2,15)16)9-8(7-11)14-3-5-17-10(14)12-9/h3,5H,4,6-7,11H2,1-2H3. The van der Waals surface area contributed by atoms with E-state index in [0.717, 1.165) is 16.5 Å². The van der Waals surface area contributed by atoms with Gasteiger partial charge in [-0.1, -0.05) is 0 Å². The second-order valence-electron chi connectivity index (χ2n) is 4.19. The maximum absolute atomic E-state index is 11.2. The predicted octanol–water partition coefficient (Wildman–Crippen LogP) is 0.335. The Hall–Kier alpha value is -1.12. The Morgan fingerprint density at radius 1 is 1.56 bits per heavy atom. The van der Waals surface area contributed by atoms with Crippen LogP contribution >= 0.6 is 11.3 Å². The molecule has 0 amide bonds. The van der Waals surface area contributed by atoms with Crippen LogP contribution in [0.25, 0.3) is 4.96 Å². The van der Waals surface area contributed by atoms with Crippen LogP contribution in [0.3, 0.4) is 0 Å². The molecule has 2 aromatic rings. The van der Waals surface area contributed by atoms with Crippen molar-refractivity contribution in [1.29, 1.82) is 0 Å². The van der Waals surface area contributed by atoms with E-state index in [9.17, 15) is 8.42 Å². The van der Waals surface area contributed by atoms with Crippen LogP contribution in [0.2, 0.25) is 0 Å². The summed E-state index contributed by atoms with van der Waals surface area (Å²) < 4.78 is 24.3. The van der Waals surface area contributed by atoms with E-state index in [1.165, 1.54) is 17.6 Å². The van der Waals surface area contributed by atoms with Crippen LogP contribution in [0.1, 0.15) is 5.69 Å². The van der Waals surface area contributed by atoms with E-state index >= 15 is 0 Å². The fourth-order valence-corrected chi connectivity index (χ4v) is 3.06. The lowest BCUT2D eigenvalue weighted by Gasteiger charge is -2.17. The normalized spacial score (nSPS) is 12.2. The van der Waals surface area contributed by atoms with E-state index < -0.39 is 9.84 Å². The molecule has 0 unspecified atom stereocenters. The first kappa shape index (κ1) is 13.3. The van der Waals surface area contributed by atoms with E-state index in [-0.39, 0.29) is 5.75 Å². The lowest BCUT2D eigenvalue weighted by Crippen LogP contribution is -2.26. The lowest BCUT2D eigenvalue weighted by atomic mass is 10.4. The highest BCUT2D eigenvalue weighted by Crippen LogP contribution is 2.23. The molecule has 2 heterocycles. The zero-order chi connectivity index (χ0) is 13.3. The number of thiazole rings is 1. The molecule has 0 aliphatic carbocycles. The SMILES string of the molecule is CN(CCS(C)(=O)=O)c1nc2sccn2c1CN. The summed E-state index contributed by atoms with van der Waals surface area (Å²) in [6, 6.07) is 0. The van der Waals surface area contributed by atoms with Gasteiger partial charge in [0.25, 0.3) is 0 Å². The number of hydrogen-bond donors (Lipinski definition) is 1. The summed E-state index contributed by atoms with van der Waals surface area (Å²) in [6.07, 6.45) is 3.15. The Bertz CT molecular complexity index is 644. The third-order valence-electron chi connectivity index (χ3n) is 2.69. The fraction of sp³-hybridized carbons (Fsp3) is 0.500.